The van der Waals surface area contributed by atoms with Crippen molar-refractivity contribution in [2.75, 3.05) is 0 Å². The van der Waals surface area contributed by atoms with Gasteiger partial charge in [0.1, 0.15) is 23.7 Å². The number of hydrogen-bond acceptors (Lipinski definition) is 5. The van der Waals surface area contributed by atoms with Crippen LogP contribution in [-0.2, 0) is 6.61 Å². The third-order valence-electron chi connectivity index (χ3n) is 7.21. The Balaban J connectivity index is 0.00000417. The first kappa shape index (κ1) is 32.2. The van der Waals surface area contributed by atoms with Gasteiger partial charge in [-0.3, -0.25) is 9.36 Å². The van der Waals surface area contributed by atoms with E-state index in [1.807, 2.05) is 115 Å². The predicted molar refractivity (Wildman–Crippen MR) is 182 cm³/mol. The number of imidazole rings is 1. The van der Waals surface area contributed by atoms with Crippen LogP contribution in [0.4, 0.5) is 0 Å². The Kier molecular flexibility index (Phi) is 9.70. The Labute approximate surface area is 277 Å². The van der Waals surface area contributed by atoms with E-state index in [-0.39, 0.29) is 36.5 Å². The number of hydrogen-bond donors (Lipinski definition) is 2. The first-order valence-electron chi connectivity index (χ1n) is 14.4. The highest BCUT2D eigenvalue weighted by atomic mass is 35.5. The maximum absolute atomic E-state index is 12.8. The zero-order valence-corrected chi connectivity index (χ0v) is 26.5. The number of rotatable bonds is 9. The topological polar surface area (TPSA) is 106 Å². The minimum absolute atomic E-state index is 0. The second-order valence-corrected chi connectivity index (χ2v) is 11.2. The van der Waals surface area contributed by atoms with E-state index in [9.17, 15) is 14.7 Å². The summed E-state index contributed by atoms with van der Waals surface area (Å²) in [4.78, 5) is 33.6. The molecular formula is C36H30Cl2N4O4. The number of ether oxygens (including phenoxy) is 1. The molecule has 0 atom stereocenters. The van der Waals surface area contributed by atoms with Crippen molar-refractivity contribution in [3.8, 4) is 34.0 Å². The number of benzene rings is 4. The first-order chi connectivity index (χ1) is 21.8. The molecule has 0 radical (unpaired) electrons. The normalized spacial score (nSPS) is 10.9. The van der Waals surface area contributed by atoms with E-state index in [1.54, 1.807) is 0 Å². The van der Waals surface area contributed by atoms with Crippen LogP contribution in [0.3, 0.4) is 0 Å². The van der Waals surface area contributed by atoms with Crippen LogP contribution in [0.5, 0.6) is 5.75 Å². The number of aromatic nitrogens is 3. The minimum Gasteiger partial charge on any atom is -0.489 e. The molecule has 4 aromatic carbocycles. The highest BCUT2D eigenvalue weighted by Crippen LogP contribution is 2.31. The molecule has 0 bridgehead atoms. The van der Waals surface area contributed by atoms with Crippen LogP contribution < -0.4 is 10.1 Å². The van der Waals surface area contributed by atoms with Gasteiger partial charge in [-0.25, -0.2) is 14.8 Å². The molecule has 0 unspecified atom stereocenters. The van der Waals surface area contributed by atoms with Gasteiger partial charge < -0.3 is 15.2 Å². The molecule has 232 valence electrons. The molecular weight excluding hydrogens is 623 g/mol. The highest BCUT2D eigenvalue weighted by Gasteiger charge is 2.18. The average Bonchev–Trinajstić information content (AvgIpc) is 3.43. The summed E-state index contributed by atoms with van der Waals surface area (Å²) in [5.74, 6) is 0.0368. The molecule has 1 amide bonds. The SMILES string of the molecule is CC(C)NC(=O)c1ccc(-c2ccc(Cl)cc2)c(COc2ccc(-c3nc4cc(C(=O)O)cnc4n3-c3ccccc3)cc2)c1.Cl. The fraction of sp³-hybridized carbons (Fsp3) is 0.111. The zero-order valence-electron chi connectivity index (χ0n) is 25.0. The molecule has 2 N–H and O–H groups in total. The van der Waals surface area contributed by atoms with Crippen LogP contribution >= 0.6 is 24.0 Å². The number of nitrogens with one attached hydrogen (secondary N) is 1. The Morgan fingerprint density at radius 1 is 0.891 bits per heavy atom. The van der Waals surface area contributed by atoms with Gasteiger partial charge in [0.2, 0.25) is 0 Å². The van der Waals surface area contributed by atoms with E-state index in [0.717, 1.165) is 27.9 Å². The summed E-state index contributed by atoms with van der Waals surface area (Å²) < 4.78 is 8.14. The van der Waals surface area contributed by atoms with Crippen LogP contribution in [0, 0.1) is 0 Å². The van der Waals surface area contributed by atoms with Crippen molar-refractivity contribution in [1.82, 2.24) is 19.9 Å². The maximum atomic E-state index is 12.8. The van der Waals surface area contributed by atoms with Crippen molar-refractivity contribution in [3.63, 3.8) is 0 Å². The van der Waals surface area contributed by atoms with Gasteiger partial charge in [-0.15, -0.1) is 12.4 Å². The molecule has 6 rings (SSSR count). The average molecular weight is 654 g/mol. The summed E-state index contributed by atoms with van der Waals surface area (Å²) in [5.41, 5.74) is 6.05. The summed E-state index contributed by atoms with van der Waals surface area (Å²) in [7, 11) is 0. The van der Waals surface area contributed by atoms with Gasteiger partial charge in [0, 0.05) is 34.1 Å². The summed E-state index contributed by atoms with van der Waals surface area (Å²) in [5, 5.41) is 13.1. The third kappa shape index (κ3) is 6.88. The summed E-state index contributed by atoms with van der Waals surface area (Å²) in [6.45, 7) is 4.07. The van der Waals surface area contributed by atoms with Gasteiger partial charge in [0.15, 0.2) is 5.65 Å². The van der Waals surface area contributed by atoms with Crippen molar-refractivity contribution in [2.45, 2.75) is 26.5 Å². The van der Waals surface area contributed by atoms with E-state index < -0.39 is 5.97 Å². The van der Waals surface area contributed by atoms with Crippen LogP contribution in [0.15, 0.2) is 109 Å². The monoisotopic (exact) mass is 652 g/mol. The standard InChI is InChI=1S/C36H29ClN4O4.ClH/c1-22(2)39-35(42)25-12-17-31(23-8-13-28(37)14-9-23)27(18-25)21-45-30-15-10-24(11-16-30)33-40-32-19-26(36(43)44)20-38-34(32)41(33)29-6-4-3-5-7-29;/h3-20,22H,21H2,1-2H3,(H,39,42)(H,43,44);1H. The molecule has 6 aromatic rings. The fourth-order valence-electron chi connectivity index (χ4n) is 5.07. The smallest absolute Gasteiger partial charge is 0.337 e. The largest absolute Gasteiger partial charge is 0.489 e. The molecule has 0 aliphatic rings. The highest BCUT2D eigenvalue weighted by molar-refractivity contribution is 6.30. The molecule has 2 aromatic heterocycles. The lowest BCUT2D eigenvalue weighted by Crippen LogP contribution is -2.30. The Morgan fingerprint density at radius 2 is 1.59 bits per heavy atom. The number of carboxylic acid groups (broad SMARTS) is 1. The van der Waals surface area contributed by atoms with Gasteiger partial charge in [-0.2, -0.15) is 0 Å². The van der Waals surface area contributed by atoms with Gasteiger partial charge >= 0.3 is 5.97 Å². The number of aromatic carboxylic acids is 1. The van der Waals surface area contributed by atoms with Crippen LogP contribution in [0.2, 0.25) is 5.02 Å². The Hall–Kier alpha value is -5.18. The number of carbonyl (C=O) groups excluding carboxylic acids is 1. The number of fused-ring (bicyclic) bond motifs is 1. The molecule has 0 aliphatic carbocycles. The number of carbonyl (C=O) groups is 2. The van der Waals surface area contributed by atoms with Crippen molar-refractivity contribution in [3.05, 3.63) is 131 Å². The molecule has 2 heterocycles. The zero-order chi connectivity index (χ0) is 31.5. The molecule has 0 aliphatic heterocycles. The van der Waals surface area contributed by atoms with Crippen LogP contribution in [0.25, 0.3) is 39.4 Å². The van der Waals surface area contributed by atoms with Crippen LogP contribution in [0.1, 0.15) is 40.1 Å². The van der Waals surface area contributed by atoms with Crippen LogP contribution in [-0.4, -0.2) is 37.6 Å². The van der Waals surface area contributed by atoms with E-state index in [0.29, 0.717) is 33.3 Å². The number of para-hydroxylation sites is 1. The molecule has 0 fully saturated rings. The summed E-state index contributed by atoms with van der Waals surface area (Å²) >= 11 is 6.13. The maximum Gasteiger partial charge on any atom is 0.337 e. The predicted octanol–water partition coefficient (Wildman–Crippen LogP) is 8.25. The summed E-state index contributed by atoms with van der Waals surface area (Å²) in [6, 6.07) is 31.9. The lowest BCUT2D eigenvalue weighted by Gasteiger charge is -2.15. The Morgan fingerprint density at radius 3 is 2.26 bits per heavy atom. The lowest BCUT2D eigenvalue weighted by atomic mass is 9.97. The third-order valence-corrected chi connectivity index (χ3v) is 7.46. The molecule has 46 heavy (non-hydrogen) atoms. The van der Waals surface area contributed by atoms with E-state index in [1.165, 1.54) is 12.3 Å². The summed E-state index contributed by atoms with van der Waals surface area (Å²) in [6.07, 6.45) is 1.34. The lowest BCUT2D eigenvalue weighted by molar-refractivity contribution is 0.0696. The van der Waals surface area contributed by atoms with Crippen molar-refractivity contribution in [2.24, 2.45) is 0 Å². The van der Waals surface area contributed by atoms with E-state index in [2.05, 4.69) is 10.3 Å². The number of pyridine rings is 1. The Bertz CT molecular complexity index is 2010. The van der Waals surface area contributed by atoms with Gasteiger partial charge in [-0.05, 0) is 97.3 Å². The van der Waals surface area contributed by atoms with Gasteiger partial charge in [-0.1, -0.05) is 48.0 Å². The van der Waals surface area contributed by atoms with Crippen molar-refractivity contribution >= 4 is 47.0 Å². The molecule has 10 heteroatoms. The molecule has 8 nitrogen and oxygen atoms in total. The second kappa shape index (κ2) is 13.9. The van der Waals surface area contributed by atoms with Crippen molar-refractivity contribution in [1.29, 1.82) is 0 Å². The van der Waals surface area contributed by atoms with Gasteiger partial charge in [0.05, 0.1) is 5.56 Å². The first-order valence-corrected chi connectivity index (χ1v) is 14.7. The quantitative estimate of drug-likeness (QED) is 0.163. The fourth-order valence-corrected chi connectivity index (χ4v) is 5.20. The number of carboxylic acids is 1. The number of nitrogens with zero attached hydrogens (tertiary/aromatic N) is 3. The van der Waals surface area contributed by atoms with Gasteiger partial charge in [0.25, 0.3) is 5.91 Å². The molecule has 0 saturated heterocycles. The number of amides is 1. The number of halogens is 2. The van der Waals surface area contributed by atoms with E-state index >= 15 is 0 Å². The minimum atomic E-state index is -1.06. The molecule has 0 saturated carbocycles. The molecule has 0 spiro atoms. The second-order valence-electron chi connectivity index (χ2n) is 10.8. The van der Waals surface area contributed by atoms with Crippen molar-refractivity contribution < 1.29 is 19.4 Å². The van der Waals surface area contributed by atoms with E-state index in [4.69, 9.17) is 21.3 Å².